The van der Waals surface area contributed by atoms with Crippen LogP contribution in [-0.4, -0.2) is 4.57 Å². The number of nitrogens with zero attached hydrogens (tertiary/aromatic N) is 1. The Bertz CT molecular complexity index is 2260. The maximum Gasteiger partial charge on any atom is 0.0535 e. The highest BCUT2D eigenvalue weighted by atomic mass is 14.9. The molecule has 0 saturated heterocycles. The van der Waals surface area contributed by atoms with Crippen molar-refractivity contribution in [1.29, 1.82) is 0 Å². The van der Waals surface area contributed by atoms with Crippen LogP contribution in [0.5, 0.6) is 0 Å². The molecule has 47 heavy (non-hydrogen) atoms. The molecule has 1 heteroatoms. The number of benzene rings is 6. The van der Waals surface area contributed by atoms with Crippen LogP contribution in [-0.2, 0) is 0 Å². The fourth-order valence-electron chi connectivity index (χ4n) is 7.31. The summed E-state index contributed by atoms with van der Waals surface area (Å²) in [4.78, 5) is 0. The molecule has 0 aliphatic heterocycles. The van der Waals surface area contributed by atoms with Crippen LogP contribution in [0.4, 0.5) is 0 Å². The van der Waals surface area contributed by atoms with Crippen LogP contribution >= 0.6 is 0 Å². The summed E-state index contributed by atoms with van der Waals surface area (Å²) in [5.74, 6) is 0.783. The van der Waals surface area contributed by atoms with Gasteiger partial charge in [0.2, 0.25) is 0 Å². The van der Waals surface area contributed by atoms with Gasteiger partial charge < -0.3 is 4.57 Å². The van der Waals surface area contributed by atoms with Crippen LogP contribution in [0.2, 0.25) is 0 Å². The second-order valence-corrected chi connectivity index (χ2v) is 12.5. The van der Waals surface area contributed by atoms with Crippen LogP contribution < -0.4 is 0 Å². The van der Waals surface area contributed by atoms with E-state index in [1.54, 1.807) is 0 Å². The third-order valence-electron chi connectivity index (χ3n) is 9.61. The summed E-state index contributed by atoms with van der Waals surface area (Å²) in [6.07, 6.45) is 14.3. The number of rotatable bonds is 7. The molecule has 0 fully saturated rings. The van der Waals surface area contributed by atoms with Gasteiger partial charge in [-0.05, 0) is 94.1 Å². The van der Waals surface area contributed by atoms with Crippen molar-refractivity contribution in [3.63, 3.8) is 0 Å². The van der Waals surface area contributed by atoms with Gasteiger partial charge in [0.1, 0.15) is 0 Å². The van der Waals surface area contributed by atoms with E-state index >= 15 is 0 Å². The molecule has 226 valence electrons. The minimum atomic E-state index is 0.330. The summed E-state index contributed by atoms with van der Waals surface area (Å²) in [5, 5.41) is 2.53. The van der Waals surface area contributed by atoms with Crippen molar-refractivity contribution >= 4 is 28.0 Å². The van der Waals surface area contributed by atoms with Crippen LogP contribution in [0.1, 0.15) is 30.4 Å². The average Bonchev–Trinajstić information content (AvgIpc) is 3.45. The molecule has 2 unspecified atom stereocenters. The smallest absolute Gasteiger partial charge is 0.0535 e. The number of fused-ring (bicyclic) bond motifs is 3. The molecular weight excluding hydrogens is 567 g/mol. The zero-order chi connectivity index (χ0) is 31.6. The highest BCUT2D eigenvalue weighted by molar-refractivity contribution is 6.11. The zero-order valence-corrected chi connectivity index (χ0v) is 26.6. The molecule has 2 atom stereocenters. The molecule has 8 rings (SSSR count). The van der Waals surface area contributed by atoms with E-state index in [9.17, 15) is 0 Å². The lowest BCUT2D eigenvalue weighted by atomic mass is 9.77. The number of hydrogen-bond donors (Lipinski definition) is 0. The summed E-state index contributed by atoms with van der Waals surface area (Å²) in [6.45, 7) is 2.08. The normalized spacial score (nSPS) is 15.1. The standard InChI is InChI=1S/C46H37N/c1-2-29-47-44-27-25-40(33-13-6-3-7-14-33)31-42(44)43-32-41(26-28-45(43)47)39-20-12-19-38(30-39)34-21-23-37(24-22-34)46(35-15-8-4-9-16-35)36-17-10-5-11-18-36/h2-17,19-32,36,46H,18H2,1H3/b29-2+. The first-order valence-electron chi connectivity index (χ1n) is 16.6. The van der Waals surface area contributed by atoms with Crippen molar-refractivity contribution < 1.29 is 0 Å². The third-order valence-corrected chi connectivity index (χ3v) is 9.61. The van der Waals surface area contributed by atoms with Crippen molar-refractivity contribution in [3.8, 4) is 33.4 Å². The summed E-state index contributed by atoms with van der Waals surface area (Å²) in [5.41, 5.74) is 12.6. The minimum absolute atomic E-state index is 0.330. The van der Waals surface area contributed by atoms with Crippen LogP contribution in [0.25, 0.3) is 61.4 Å². The van der Waals surface area contributed by atoms with Gasteiger partial charge in [0.05, 0.1) is 11.0 Å². The molecule has 0 N–H and O–H groups in total. The highest BCUT2D eigenvalue weighted by Crippen LogP contribution is 2.39. The fourth-order valence-corrected chi connectivity index (χ4v) is 7.31. The summed E-state index contributed by atoms with van der Waals surface area (Å²) < 4.78 is 2.31. The molecule has 7 aromatic rings. The van der Waals surface area contributed by atoms with E-state index in [-0.39, 0.29) is 0 Å². The van der Waals surface area contributed by atoms with Gasteiger partial charge in [0.25, 0.3) is 0 Å². The number of hydrogen-bond acceptors (Lipinski definition) is 0. The van der Waals surface area contributed by atoms with Crippen molar-refractivity contribution in [3.05, 3.63) is 187 Å². The van der Waals surface area contributed by atoms with Crippen molar-refractivity contribution in [2.24, 2.45) is 5.92 Å². The lowest BCUT2D eigenvalue weighted by molar-refractivity contribution is 0.573. The molecule has 1 aliphatic rings. The molecular formula is C46H37N. The Balaban J connectivity index is 1.16. The van der Waals surface area contributed by atoms with Gasteiger partial charge >= 0.3 is 0 Å². The lowest BCUT2D eigenvalue weighted by Crippen LogP contribution is -2.13. The van der Waals surface area contributed by atoms with Crippen molar-refractivity contribution in [2.45, 2.75) is 19.3 Å². The SMILES string of the molecule is C/C=C/n1c2ccc(-c3ccccc3)cc2c2cc(-c3cccc(-c4ccc(C(c5ccccc5)C5C=CC=CC5)cc4)c3)ccc21. The predicted octanol–water partition coefficient (Wildman–Crippen LogP) is 12.6. The molecule has 0 saturated carbocycles. The Hall–Kier alpha value is -5.66. The molecule has 0 bridgehead atoms. The van der Waals surface area contributed by atoms with Crippen molar-refractivity contribution in [2.75, 3.05) is 0 Å². The number of allylic oxidation sites excluding steroid dienone is 5. The zero-order valence-electron chi connectivity index (χ0n) is 26.6. The third kappa shape index (κ3) is 5.55. The van der Waals surface area contributed by atoms with E-state index in [1.165, 1.54) is 66.3 Å². The molecule has 1 aliphatic carbocycles. The molecule has 1 aromatic heterocycles. The topological polar surface area (TPSA) is 4.93 Å². The molecule has 0 spiro atoms. The molecule has 1 nitrogen and oxygen atoms in total. The molecule has 0 radical (unpaired) electrons. The summed E-state index contributed by atoms with van der Waals surface area (Å²) in [6, 6.07) is 53.6. The molecule has 1 heterocycles. The van der Waals surface area contributed by atoms with Gasteiger partial charge in [-0.1, -0.05) is 146 Å². The van der Waals surface area contributed by atoms with E-state index < -0.39 is 0 Å². The monoisotopic (exact) mass is 603 g/mol. The summed E-state index contributed by atoms with van der Waals surface area (Å²) in [7, 11) is 0. The second kappa shape index (κ2) is 12.6. The van der Waals surface area contributed by atoms with Crippen molar-refractivity contribution in [1.82, 2.24) is 4.57 Å². The predicted molar refractivity (Wildman–Crippen MR) is 201 cm³/mol. The Morgan fingerprint density at radius 2 is 1.06 bits per heavy atom. The first-order chi connectivity index (χ1) is 23.3. The number of aromatic nitrogens is 1. The fraction of sp³-hybridized carbons (Fsp3) is 0.0870. The lowest BCUT2D eigenvalue weighted by Gasteiger charge is -2.26. The average molecular weight is 604 g/mol. The minimum Gasteiger partial charge on any atom is -0.316 e. The quantitative estimate of drug-likeness (QED) is 0.171. The summed E-state index contributed by atoms with van der Waals surface area (Å²) >= 11 is 0. The Morgan fingerprint density at radius 1 is 0.532 bits per heavy atom. The highest BCUT2D eigenvalue weighted by Gasteiger charge is 2.23. The van der Waals surface area contributed by atoms with Gasteiger partial charge in [0, 0.05) is 22.9 Å². The first kappa shape index (κ1) is 28.8. The Labute approximate surface area is 277 Å². The van der Waals surface area contributed by atoms with Crippen LogP contribution in [0, 0.1) is 5.92 Å². The van der Waals surface area contributed by atoms with Gasteiger partial charge in [-0.15, -0.1) is 0 Å². The van der Waals surface area contributed by atoms with Gasteiger partial charge in [-0.2, -0.15) is 0 Å². The van der Waals surface area contributed by atoms with E-state index in [4.69, 9.17) is 0 Å². The Morgan fingerprint density at radius 3 is 1.70 bits per heavy atom. The molecule has 6 aromatic carbocycles. The van der Waals surface area contributed by atoms with E-state index in [0.29, 0.717) is 11.8 Å². The van der Waals surface area contributed by atoms with E-state index in [1.807, 2.05) is 0 Å². The Kier molecular flexibility index (Phi) is 7.73. The van der Waals surface area contributed by atoms with E-state index in [0.717, 1.165) is 6.42 Å². The van der Waals surface area contributed by atoms with Gasteiger partial charge in [-0.25, -0.2) is 0 Å². The largest absolute Gasteiger partial charge is 0.316 e. The first-order valence-corrected chi connectivity index (χ1v) is 16.6. The maximum atomic E-state index is 2.37. The maximum absolute atomic E-state index is 2.37. The van der Waals surface area contributed by atoms with Crippen LogP contribution in [0.15, 0.2) is 176 Å². The second-order valence-electron chi connectivity index (χ2n) is 12.5. The molecule has 0 amide bonds. The van der Waals surface area contributed by atoms with E-state index in [2.05, 4.69) is 194 Å². The van der Waals surface area contributed by atoms with Gasteiger partial charge in [0.15, 0.2) is 0 Å². The van der Waals surface area contributed by atoms with Gasteiger partial charge in [-0.3, -0.25) is 0 Å². The van der Waals surface area contributed by atoms with Crippen LogP contribution in [0.3, 0.4) is 0 Å².